The number of nitrogens with zero attached hydrogens (tertiary/aromatic N) is 1. The molecule has 0 saturated carbocycles. The highest BCUT2D eigenvalue weighted by atomic mass is 32.1. The second kappa shape index (κ2) is 14.0. The fraction of sp³-hybridized carbons (Fsp3) is 0.292. The number of hydrogen-bond donors (Lipinski definition) is 5. The van der Waals surface area contributed by atoms with Gasteiger partial charge in [-0.15, -0.1) is 11.3 Å². The van der Waals surface area contributed by atoms with E-state index in [0.717, 1.165) is 29.8 Å². The van der Waals surface area contributed by atoms with Crippen LogP contribution in [0, 0.1) is 0 Å². The van der Waals surface area contributed by atoms with Crippen LogP contribution in [0.25, 0.3) is 0 Å². The average molecular weight is 471 g/mol. The molecular formula is C24H30N4O4S. The van der Waals surface area contributed by atoms with Crippen molar-refractivity contribution in [1.82, 2.24) is 10.3 Å². The lowest BCUT2D eigenvalue weighted by Crippen LogP contribution is -2.23. The van der Waals surface area contributed by atoms with Crippen LogP contribution in [-0.2, 0) is 22.4 Å². The number of nitrogen functional groups attached to an aromatic ring is 1. The topological polar surface area (TPSA) is 138 Å². The van der Waals surface area contributed by atoms with Gasteiger partial charge in [0, 0.05) is 24.0 Å². The minimum absolute atomic E-state index is 0.116. The van der Waals surface area contributed by atoms with Crippen molar-refractivity contribution in [2.24, 2.45) is 0 Å². The number of carboxylic acid groups (broad SMARTS) is 1. The van der Waals surface area contributed by atoms with Crippen molar-refractivity contribution in [3.8, 4) is 0 Å². The van der Waals surface area contributed by atoms with Crippen LogP contribution >= 0.6 is 11.3 Å². The number of anilines is 2. The molecule has 0 spiro atoms. The van der Waals surface area contributed by atoms with Crippen molar-refractivity contribution in [3.63, 3.8) is 0 Å². The molecular weight excluding hydrogens is 440 g/mol. The zero-order valence-corrected chi connectivity index (χ0v) is 19.3. The number of carbonyl (C=O) groups is 2. The van der Waals surface area contributed by atoms with Gasteiger partial charge in [-0.3, -0.25) is 9.59 Å². The van der Waals surface area contributed by atoms with E-state index in [2.05, 4.69) is 15.6 Å². The number of carbonyl (C=O) groups excluding carboxylic acids is 1. The zero-order valence-electron chi connectivity index (χ0n) is 18.5. The van der Waals surface area contributed by atoms with E-state index in [4.69, 9.17) is 10.8 Å². The van der Waals surface area contributed by atoms with E-state index >= 15 is 0 Å². The van der Waals surface area contributed by atoms with Crippen LogP contribution < -0.4 is 16.4 Å². The molecule has 0 bridgehead atoms. The van der Waals surface area contributed by atoms with Gasteiger partial charge in [0.05, 0.1) is 18.2 Å². The monoisotopic (exact) mass is 470 g/mol. The van der Waals surface area contributed by atoms with E-state index in [0.29, 0.717) is 17.4 Å². The molecule has 0 aliphatic carbocycles. The maximum Gasteiger partial charge on any atom is 0.303 e. The van der Waals surface area contributed by atoms with Crippen molar-refractivity contribution in [3.05, 3.63) is 76.8 Å². The van der Waals surface area contributed by atoms with Gasteiger partial charge in [0.15, 0.2) is 5.13 Å². The first-order valence-corrected chi connectivity index (χ1v) is 11.5. The Hall–Kier alpha value is -3.27. The number of carboxylic acids is 1. The summed E-state index contributed by atoms with van der Waals surface area (Å²) in [6, 6.07) is 17.4. The lowest BCUT2D eigenvalue weighted by atomic mass is 10.1. The molecule has 176 valence electrons. The van der Waals surface area contributed by atoms with Crippen LogP contribution in [0.15, 0.2) is 60.0 Å². The smallest absolute Gasteiger partial charge is 0.303 e. The number of aliphatic hydroxyl groups excluding tert-OH is 1. The number of rotatable bonds is 10. The van der Waals surface area contributed by atoms with Crippen LogP contribution in [0.4, 0.5) is 10.8 Å². The summed E-state index contributed by atoms with van der Waals surface area (Å²) in [4.78, 5) is 25.5. The quantitative estimate of drug-likeness (QED) is 0.287. The second-order valence-electron chi connectivity index (χ2n) is 7.23. The Labute approximate surface area is 197 Å². The Bertz CT molecular complexity index is 993. The van der Waals surface area contributed by atoms with Gasteiger partial charge < -0.3 is 26.6 Å². The highest BCUT2D eigenvalue weighted by Crippen LogP contribution is 2.14. The molecule has 33 heavy (non-hydrogen) atoms. The zero-order chi connectivity index (χ0) is 24.1. The number of nitrogens with one attached hydrogen (secondary N) is 2. The molecule has 6 N–H and O–H groups in total. The van der Waals surface area contributed by atoms with Crippen LogP contribution in [0.2, 0.25) is 0 Å². The number of benzene rings is 2. The average Bonchev–Trinajstić information content (AvgIpc) is 3.22. The molecule has 1 aromatic heterocycles. The van der Waals surface area contributed by atoms with E-state index in [1.165, 1.54) is 11.3 Å². The van der Waals surface area contributed by atoms with Crippen LogP contribution in [-0.4, -0.2) is 40.2 Å². The van der Waals surface area contributed by atoms with Gasteiger partial charge >= 0.3 is 5.97 Å². The van der Waals surface area contributed by atoms with Crippen molar-refractivity contribution >= 4 is 34.0 Å². The number of aliphatic carboxylic acids is 1. The van der Waals surface area contributed by atoms with Gasteiger partial charge in [0.2, 0.25) is 5.91 Å². The molecule has 0 aliphatic heterocycles. The van der Waals surface area contributed by atoms with Crippen molar-refractivity contribution < 1.29 is 19.8 Å². The minimum atomic E-state index is -0.745. The summed E-state index contributed by atoms with van der Waals surface area (Å²) in [7, 11) is 0. The first-order chi connectivity index (χ1) is 15.9. The maximum absolute atomic E-state index is 12.0. The van der Waals surface area contributed by atoms with Crippen molar-refractivity contribution in [2.75, 3.05) is 24.1 Å². The molecule has 0 unspecified atom stereocenters. The lowest BCUT2D eigenvalue weighted by Gasteiger charge is -2.12. The number of aromatic nitrogens is 1. The maximum atomic E-state index is 12.0. The lowest BCUT2D eigenvalue weighted by molar-refractivity contribution is -0.136. The van der Waals surface area contributed by atoms with Crippen molar-refractivity contribution in [2.45, 2.75) is 32.3 Å². The third-order valence-electron chi connectivity index (χ3n) is 4.56. The first-order valence-electron chi connectivity index (χ1n) is 10.6. The summed E-state index contributed by atoms with van der Waals surface area (Å²) < 4.78 is 0. The molecule has 1 heterocycles. The molecule has 3 rings (SSSR count). The van der Waals surface area contributed by atoms with E-state index < -0.39 is 12.1 Å². The summed E-state index contributed by atoms with van der Waals surface area (Å²) >= 11 is 1.33. The summed E-state index contributed by atoms with van der Waals surface area (Å²) in [5.74, 6) is -0.861. The van der Waals surface area contributed by atoms with Crippen LogP contribution in [0.3, 0.4) is 0 Å². The van der Waals surface area contributed by atoms with Crippen LogP contribution in [0.5, 0.6) is 0 Å². The summed E-state index contributed by atoms with van der Waals surface area (Å²) in [6.07, 6.45) is 0.767. The number of hydrogen-bond acceptors (Lipinski definition) is 7. The highest BCUT2D eigenvalue weighted by Gasteiger charge is 2.08. The summed E-state index contributed by atoms with van der Waals surface area (Å²) in [6.45, 7) is 2.88. The number of amides is 1. The minimum Gasteiger partial charge on any atom is -0.481 e. The Morgan fingerprint density at radius 3 is 2.36 bits per heavy atom. The fourth-order valence-electron chi connectivity index (χ4n) is 2.79. The van der Waals surface area contributed by atoms with Gasteiger partial charge in [-0.05, 0) is 36.2 Å². The largest absolute Gasteiger partial charge is 0.481 e. The highest BCUT2D eigenvalue weighted by molar-refractivity contribution is 7.13. The number of nitrogens with two attached hydrogens (primary N) is 1. The van der Waals surface area contributed by atoms with Crippen LogP contribution in [0.1, 0.15) is 36.3 Å². The predicted octanol–water partition coefficient (Wildman–Crippen LogP) is 3.25. The normalized spacial score (nSPS) is 11.2. The Kier molecular flexibility index (Phi) is 11.0. The molecule has 1 atom stereocenters. The van der Waals surface area contributed by atoms with Crippen molar-refractivity contribution in [1.29, 1.82) is 0 Å². The second-order valence-corrected chi connectivity index (χ2v) is 8.12. The third-order valence-corrected chi connectivity index (χ3v) is 5.29. The number of aliphatic hydroxyl groups is 1. The number of thiazole rings is 1. The van der Waals surface area contributed by atoms with Gasteiger partial charge in [-0.2, -0.15) is 0 Å². The molecule has 1 amide bonds. The molecule has 0 radical (unpaired) electrons. The first kappa shape index (κ1) is 26.0. The molecule has 0 fully saturated rings. The third kappa shape index (κ3) is 10.3. The molecule has 2 aromatic carbocycles. The Balaban J connectivity index is 0.000000696. The van der Waals surface area contributed by atoms with E-state index in [1.54, 1.807) is 12.3 Å². The van der Waals surface area contributed by atoms with Gasteiger partial charge in [0.1, 0.15) is 0 Å². The fourth-order valence-corrected chi connectivity index (χ4v) is 3.36. The van der Waals surface area contributed by atoms with E-state index in [1.807, 2.05) is 54.6 Å². The molecule has 0 saturated heterocycles. The molecule has 0 aliphatic rings. The Morgan fingerprint density at radius 1 is 1.12 bits per heavy atom. The Morgan fingerprint density at radius 2 is 1.79 bits per heavy atom. The predicted molar refractivity (Wildman–Crippen MR) is 131 cm³/mol. The standard InChI is InChI=1S/C21H24N4O2S.C3H6O2/c22-21-25-18(14-28-21)12-20(27)24-17-8-6-15(7-9-17)10-11-23-13-19(26)16-4-2-1-3-5-16;1-2-3(4)5/h1-9,14,19,23,26H,10-13H2,(H2,22,25)(H,24,27);2H2,1H3,(H,4,5)/t19-;/m0./s1. The van der Waals surface area contributed by atoms with Gasteiger partial charge in [0.25, 0.3) is 0 Å². The molecule has 8 nitrogen and oxygen atoms in total. The molecule has 9 heteroatoms. The summed E-state index contributed by atoms with van der Waals surface area (Å²) in [5, 5.41) is 26.3. The van der Waals surface area contributed by atoms with Gasteiger partial charge in [-0.1, -0.05) is 49.4 Å². The van der Waals surface area contributed by atoms with E-state index in [9.17, 15) is 14.7 Å². The summed E-state index contributed by atoms with van der Waals surface area (Å²) in [5.41, 5.74) is 9.08. The van der Waals surface area contributed by atoms with E-state index in [-0.39, 0.29) is 18.7 Å². The SMILES string of the molecule is CCC(=O)O.Nc1nc(CC(=O)Nc2ccc(CCNC[C@H](O)c3ccccc3)cc2)cs1. The van der Waals surface area contributed by atoms with Gasteiger partial charge in [-0.25, -0.2) is 4.98 Å². The molecule has 3 aromatic rings.